The lowest BCUT2D eigenvalue weighted by Crippen LogP contribution is -2.63. The lowest BCUT2D eigenvalue weighted by atomic mass is 9.51. The zero-order valence-corrected chi connectivity index (χ0v) is 21.1. The highest BCUT2D eigenvalue weighted by atomic mass is 16.6. The van der Waals surface area contributed by atoms with Crippen LogP contribution in [0.5, 0.6) is 0 Å². The third kappa shape index (κ3) is 3.56. The van der Waals surface area contributed by atoms with E-state index in [4.69, 9.17) is 14.2 Å². The number of methoxy groups -OCH3 is 1. The molecule has 34 heavy (non-hydrogen) atoms. The largest absolute Gasteiger partial charge is 0.457 e. The van der Waals surface area contributed by atoms with E-state index in [-0.39, 0.29) is 41.7 Å². The minimum absolute atomic E-state index is 0.164. The molecule has 0 aromatic heterocycles. The molecule has 4 rings (SSSR count). The van der Waals surface area contributed by atoms with E-state index in [9.17, 15) is 19.8 Å². The van der Waals surface area contributed by atoms with Crippen molar-refractivity contribution in [2.24, 2.45) is 29.1 Å². The van der Waals surface area contributed by atoms with E-state index in [1.807, 2.05) is 26.8 Å². The number of aliphatic hydroxyl groups excluding tert-OH is 2. The number of carbonyl (C=O) groups excluding carboxylic acids is 2. The number of hydrogen-bond donors (Lipinski definition) is 3. The number of cyclic esters (lactones) is 1. The molecule has 2 fully saturated rings. The molecule has 1 amide bonds. The molecule has 4 bridgehead atoms. The van der Waals surface area contributed by atoms with Gasteiger partial charge in [-0.3, -0.25) is 4.79 Å². The second-order valence-electron chi connectivity index (χ2n) is 11.0. The third-order valence-corrected chi connectivity index (χ3v) is 8.84. The summed E-state index contributed by atoms with van der Waals surface area (Å²) < 4.78 is 18.3. The van der Waals surface area contributed by atoms with E-state index >= 15 is 0 Å². The summed E-state index contributed by atoms with van der Waals surface area (Å²) in [5.41, 5.74) is -0.465. The molecule has 12 atom stereocenters. The Morgan fingerprint density at radius 3 is 2.62 bits per heavy atom. The fourth-order valence-corrected chi connectivity index (χ4v) is 7.23. The van der Waals surface area contributed by atoms with Crippen LogP contribution in [0.15, 0.2) is 23.8 Å². The molecule has 1 saturated heterocycles. The van der Waals surface area contributed by atoms with Crippen LogP contribution >= 0.6 is 0 Å². The third-order valence-electron chi connectivity index (χ3n) is 8.84. The van der Waals surface area contributed by atoms with Gasteiger partial charge in [-0.25, -0.2) is 4.79 Å². The van der Waals surface area contributed by atoms with Gasteiger partial charge in [0.05, 0.1) is 24.4 Å². The Labute approximate surface area is 201 Å². The zero-order valence-electron chi connectivity index (χ0n) is 21.1. The summed E-state index contributed by atoms with van der Waals surface area (Å²) in [6.45, 7) is 11.0. The fraction of sp³-hybridized carbons (Fsp3) is 0.769. The van der Waals surface area contributed by atoms with Crippen LogP contribution in [0.2, 0.25) is 0 Å². The first kappa shape index (κ1) is 25.4. The molecule has 0 aromatic rings. The van der Waals surface area contributed by atoms with Crippen molar-refractivity contribution in [3.63, 3.8) is 0 Å². The molecule has 0 radical (unpaired) electrons. The van der Waals surface area contributed by atoms with Crippen LogP contribution < -0.4 is 5.32 Å². The van der Waals surface area contributed by atoms with Crippen molar-refractivity contribution < 1.29 is 34.0 Å². The number of nitrogens with one attached hydrogen (secondary N) is 1. The SMILES string of the molecule is COC1CC2C=CC3(C)C4OC2(/C(C)=C/C(C)C(C(C)O)OC1=O)C3C(O)C(C)C4NC(C)=O. The van der Waals surface area contributed by atoms with Crippen molar-refractivity contribution in [1.29, 1.82) is 0 Å². The number of amides is 1. The van der Waals surface area contributed by atoms with E-state index < -0.39 is 41.4 Å². The average molecular weight is 478 g/mol. The molecule has 2 heterocycles. The van der Waals surface area contributed by atoms with Crippen molar-refractivity contribution in [1.82, 2.24) is 5.32 Å². The van der Waals surface area contributed by atoms with Crippen LogP contribution in [-0.2, 0) is 23.8 Å². The Balaban J connectivity index is 1.90. The fourth-order valence-electron chi connectivity index (χ4n) is 7.23. The molecule has 12 unspecified atom stereocenters. The Hall–Kier alpha value is -1.74. The van der Waals surface area contributed by atoms with Crippen molar-refractivity contribution in [2.45, 2.75) is 90.1 Å². The van der Waals surface area contributed by atoms with Gasteiger partial charge in [0.15, 0.2) is 6.10 Å². The topological polar surface area (TPSA) is 114 Å². The average Bonchev–Trinajstić information content (AvgIpc) is 2.89. The molecule has 4 aliphatic rings. The maximum Gasteiger partial charge on any atom is 0.335 e. The molecule has 1 spiro atoms. The predicted octanol–water partition coefficient (Wildman–Crippen LogP) is 1.74. The standard InChI is InChI=1S/C26H39NO7/c1-12-10-13(2)26-17(11-18(32-7)24(31)33-21(12)15(4)28)8-9-25(6)22(26)20(30)14(3)19(23(25)34-26)27-16(5)29/h8-10,12,14-15,17-23,28,30H,11H2,1-7H3,(H,27,29)/b13-10+. The molecular formula is C26H39NO7. The highest BCUT2D eigenvalue weighted by molar-refractivity contribution is 5.75. The number of aliphatic hydroxyl groups is 2. The van der Waals surface area contributed by atoms with Crippen LogP contribution in [-0.4, -0.2) is 71.4 Å². The number of hydrogen-bond acceptors (Lipinski definition) is 7. The first-order valence-electron chi connectivity index (χ1n) is 12.3. The van der Waals surface area contributed by atoms with Crippen molar-refractivity contribution in [3.05, 3.63) is 23.8 Å². The summed E-state index contributed by atoms with van der Waals surface area (Å²) in [4.78, 5) is 25.1. The summed E-state index contributed by atoms with van der Waals surface area (Å²) in [6, 6.07) is -0.356. The molecule has 8 heteroatoms. The number of esters is 1. The number of rotatable bonds is 3. The number of carbonyl (C=O) groups is 2. The van der Waals surface area contributed by atoms with Crippen LogP contribution in [0.4, 0.5) is 0 Å². The summed E-state index contributed by atoms with van der Waals surface area (Å²) in [5.74, 6) is -1.72. The molecule has 8 nitrogen and oxygen atoms in total. The molecule has 2 aliphatic heterocycles. The van der Waals surface area contributed by atoms with Crippen molar-refractivity contribution in [2.75, 3.05) is 7.11 Å². The lowest BCUT2D eigenvalue weighted by molar-refractivity contribution is -0.172. The highest BCUT2D eigenvalue weighted by Gasteiger charge is 2.72. The minimum Gasteiger partial charge on any atom is -0.457 e. The Bertz CT molecular complexity index is 900. The second kappa shape index (κ2) is 8.73. The van der Waals surface area contributed by atoms with E-state index in [1.165, 1.54) is 14.0 Å². The minimum atomic E-state index is -0.888. The zero-order chi connectivity index (χ0) is 25.2. The van der Waals surface area contributed by atoms with Crippen LogP contribution in [0, 0.1) is 29.1 Å². The lowest BCUT2D eigenvalue weighted by Gasteiger charge is -2.53. The smallest absolute Gasteiger partial charge is 0.335 e. The monoisotopic (exact) mass is 477 g/mol. The summed E-state index contributed by atoms with van der Waals surface area (Å²) in [7, 11) is 1.47. The van der Waals surface area contributed by atoms with Gasteiger partial charge in [0.25, 0.3) is 0 Å². The van der Waals surface area contributed by atoms with Gasteiger partial charge in [-0.2, -0.15) is 0 Å². The van der Waals surface area contributed by atoms with Gasteiger partial charge in [0, 0.05) is 43.1 Å². The van der Waals surface area contributed by atoms with E-state index in [0.717, 1.165) is 5.57 Å². The Kier molecular flexibility index (Phi) is 6.51. The van der Waals surface area contributed by atoms with Crippen LogP contribution in [0.1, 0.15) is 48.0 Å². The van der Waals surface area contributed by atoms with Crippen LogP contribution in [0.3, 0.4) is 0 Å². The molecule has 1 saturated carbocycles. The van der Waals surface area contributed by atoms with Gasteiger partial charge in [-0.1, -0.05) is 39.0 Å². The maximum absolute atomic E-state index is 13.0. The van der Waals surface area contributed by atoms with E-state index in [2.05, 4.69) is 24.4 Å². The first-order chi connectivity index (χ1) is 15.9. The van der Waals surface area contributed by atoms with E-state index in [1.54, 1.807) is 6.92 Å². The summed E-state index contributed by atoms with van der Waals surface area (Å²) in [5, 5.41) is 25.1. The molecule has 190 valence electrons. The van der Waals surface area contributed by atoms with Gasteiger partial charge in [-0.15, -0.1) is 0 Å². The van der Waals surface area contributed by atoms with Gasteiger partial charge in [0.1, 0.15) is 11.7 Å². The van der Waals surface area contributed by atoms with Gasteiger partial charge < -0.3 is 29.7 Å². The summed E-state index contributed by atoms with van der Waals surface area (Å²) >= 11 is 0. The van der Waals surface area contributed by atoms with E-state index in [0.29, 0.717) is 6.42 Å². The Morgan fingerprint density at radius 1 is 1.35 bits per heavy atom. The number of ether oxygens (including phenoxy) is 3. The van der Waals surface area contributed by atoms with Gasteiger partial charge >= 0.3 is 5.97 Å². The molecule has 0 aromatic carbocycles. The van der Waals surface area contributed by atoms with Crippen molar-refractivity contribution >= 4 is 11.9 Å². The second-order valence-corrected chi connectivity index (χ2v) is 11.0. The quantitative estimate of drug-likeness (QED) is 0.419. The predicted molar refractivity (Wildman–Crippen MR) is 125 cm³/mol. The Morgan fingerprint density at radius 2 is 2.03 bits per heavy atom. The normalized spacial score (nSPS) is 50.4. The first-order valence-corrected chi connectivity index (χ1v) is 12.3. The van der Waals surface area contributed by atoms with Gasteiger partial charge in [0.2, 0.25) is 5.91 Å². The van der Waals surface area contributed by atoms with Crippen molar-refractivity contribution in [3.8, 4) is 0 Å². The molecule has 3 N–H and O–H groups in total. The highest BCUT2D eigenvalue weighted by Crippen LogP contribution is 2.65. The van der Waals surface area contributed by atoms with Crippen LogP contribution in [0.25, 0.3) is 0 Å². The summed E-state index contributed by atoms with van der Waals surface area (Å²) in [6.07, 6.45) is 2.95. The maximum atomic E-state index is 13.0. The van der Waals surface area contributed by atoms with Gasteiger partial charge in [-0.05, 0) is 25.8 Å². The molecular weight excluding hydrogens is 438 g/mol. The molecule has 2 aliphatic carbocycles.